The van der Waals surface area contributed by atoms with Crippen molar-refractivity contribution in [2.45, 2.75) is 341 Å². The Hall–Kier alpha value is -1.40. The van der Waals surface area contributed by atoms with Crippen molar-refractivity contribution in [1.29, 1.82) is 0 Å². The molecule has 0 rings (SSSR count). The Labute approximate surface area is 406 Å². The van der Waals surface area contributed by atoms with Crippen LogP contribution in [0.5, 0.6) is 0 Å². The maximum atomic E-state index is 12.5. The second-order valence-electron chi connectivity index (χ2n) is 20.3. The van der Waals surface area contributed by atoms with Gasteiger partial charge in [0.25, 0.3) is 0 Å². The Bertz CT molecular complexity index is 970. The van der Waals surface area contributed by atoms with Crippen LogP contribution in [0.4, 0.5) is 0 Å². The lowest BCUT2D eigenvalue weighted by Gasteiger charge is -2.20. The molecule has 0 radical (unpaired) electrons. The molecule has 0 saturated heterocycles. The summed E-state index contributed by atoms with van der Waals surface area (Å²) in [7, 11) is 0. The summed E-state index contributed by atoms with van der Waals surface area (Å²) in [4.78, 5) is 24.5. The van der Waals surface area contributed by atoms with E-state index in [2.05, 4.69) is 19.2 Å². The van der Waals surface area contributed by atoms with Gasteiger partial charge in [0, 0.05) is 12.8 Å². The van der Waals surface area contributed by atoms with Crippen molar-refractivity contribution in [3.8, 4) is 0 Å². The topological polar surface area (TPSA) is 95.9 Å². The third-order valence-corrected chi connectivity index (χ3v) is 13.8. The number of hydrogen-bond acceptors (Lipinski definition) is 5. The third kappa shape index (κ3) is 51.8. The van der Waals surface area contributed by atoms with Crippen LogP contribution in [0.1, 0.15) is 328 Å². The Kier molecular flexibility index (Phi) is 54.0. The van der Waals surface area contributed by atoms with E-state index >= 15 is 0 Å². The van der Waals surface area contributed by atoms with Gasteiger partial charge in [0.2, 0.25) is 5.91 Å². The van der Waals surface area contributed by atoms with Gasteiger partial charge < -0.3 is 20.3 Å². The molecule has 0 aliphatic carbocycles. The number of ether oxygens (including phenoxy) is 1. The van der Waals surface area contributed by atoms with E-state index in [9.17, 15) is 19.8 Å². The first-order valence-corrected chi connectivity index (χ1v) is 29.5. The molecule has 0 aliphatic rings. The fourth-order valence-corrected chi connectivity index (χ4v) is 9.28. The summed E-state index contributed by atoms with van der Waals surface area (Å²) in [6.07, 6.45) is 65.2. The highest BCUT2D eigenvalue weighted by Crippen LogP contribution is 2.17. The van der Waals surface area contributed by atoms with Crippen molar-refractivity contribution in [3.63, 3.8) is 0 Å². The number of carbonyl (C=O) groups excluding carboxylic acids is 2. The molecule has 6 nitrogen and oxygen atoms in total. The SMILES string of the molecule is CCCCCCCCCCCCCCCCCCCCCC/C=C/C(O)C(CO)NC(=O)CCCCCCCCCCCCCCCOC(=O)CCCCCCCCCCCCCCC. The largest absolute Gasteiger partial charge is 0.466 e. The molecule has 3 N–H and O–H groups in total. The maximum Gasteiger partial charge on any atom is 0.305 e. The molecule has 0 fully saturated rings. The monoisotopic (exact) mass is 918 g/mol. The molecule has 1 amide bonds. The number of aliphatic hydroxyl groups is 2. The van der Waals surface area contributed by atoms with Crippen LogP contribution in [0.3, 0.4) is 0 Å². The Balaban J connectivity index is 3.47. The minimum atomic E-state index is -0.853. The zero-order valence-electron chi connectivity index (χ0n) is 44.0. The van der Waals surface area contributed by atoms with Crippen molar-refractivity contribution in [2.75, 3.05) is 13.2 Å². The van der Waals surface area contributed by atoms with E-state index in [4.69, 9.17) is 4.74 Å². The highest BCUT2D eigenvalue weighted by Gasteiger charge is 2.18. The average molecular weight is 919 g/mol. The summed E-state index contributed by atoms with van der Waals surface area (Å²) in [6.45, 7) is 4.90. The summed E-state index contributed by atoms with van der Waals surface area (Å²) in [5.74, 6) is -0.0814. The molecular weight excluding hydrogens is 803 g/mol. The zero-order valence-corrected chi connectivity index (χ0v) is 44.0. The summed E-state index contributed by atoms with van der Waals surface area (Å²) in [6, 6.07) is -0.637. The van der Waals surface area contributed by atoms with Crippen LogP contribution in [-0.4, -0.2) is 47.4 Å². The summed E-state index contributed by atoms with van der Waals surface area (Å²) < 4.78 is 5.47. The molecule has 6 heteroatoms. The van der Waals surface area contributed by atoms with E-state index in [0.717, 1.165) is 57.8 Å². The molecule has 0 spiro atoms. The van der Waals surface area contributed by atoms with E-state index in [1.165, 1.54) is 244 Å². The van der Waals surface area contributed by atoms with Crippen LogP contribution in [0.2, 0.25) is 0 Å². The molecule has 2 atom stereocenters. The number of nitrogens with one attached hydrogen (secondary N) is 1. The second kappa shape index (κ2) is 55.2. The van der Waals surface area contributed by atoms with Gasteiger partial charge in [0.15, 0.2) is 0 Å². The van der Waals surface area contributed by atoms with Crippen molar-refractivity contribution >= 4 is 11.9 Å². The summed E-state index contributed by atoms with van der Waals surface area (Å²) >= 11 is 0. The van der Waals surface area contributed by atoms with E-state index in [1.807, 2.05) is 6.08 Å². The van der Waals surface area contributed by atoms with Gasteiger partial charge in [-0.3, -0.25) is 9.59 Å². The minimum Gasteiger partial charge on any atom is -0.466 e. The first-order valence-electron chi connectivity index (χ1n) is 29.5. The van der Waals surface area contributed by atoms with Crippen LogP contribution >= 0.6 is 0 Å². The molecule has 0 aromatic rings. The number of allylic oxidation sites excluding steroid dienone is 1. The number of aliphatic hydroxyl groups excluding tert-OH is 2. The van der Waals surface area contributed by atoms with Crippen LogP contribution in [-0.2, 0) is 14.3 Å². The van der Waals surface area contributed by atoms with Crippen LogP contribution < -0.4 is 5.32 Å². The number of rotatable bonds is 55. The van der Waals surface area contributed by atoms with Gasteiger partial charge in [0.1, 0.15) is 0 Å². The van der Waals surface area contributed by atoms with Crippen molar-refractivity contribution in [1.82, 2.24) is 5.32 Å². The number of amides is 1. The van der Waals surface area contributed by atoms with Gasteiger partial charge in [-0.05, 0) is 32.1 Å². The molecule has 0 saturated carbocycles. The van der Waals surface area contributed by atoms with Crippen LogP contribution in [0, 0.1) is 0 Å². The average Bonchev–Trinajstić information content (AvgIpc) is 3.31. The third-order valence-electron chi connectivity index (χ3n) is 13.8. The molecule has 65 heavy (non-hydrogen) atoms. The minimum absolute atomic E-state index is 0.00442. The standard InChI is InChI=1S/C59H115NO5/c1-3-5-7-9-11-13-15-17-18-19-20-21-22-23-24-25-28-31-35-39-43-47-51-57(62)56(55-61)60-58(63)52-48-44-40-36-32-29-26-30-34-38-42-46-50-54-65-59(64)53-49-45-41-37-33-27-16-14-12-10-8-6-4-2/h47,51,56-57,61-62H,3-46,48-50,52-55H2,1-2H3,(H,60,63)/b51-47+. The van der Waals surface area contributed by atoms with Crippen molar-refractivity contribution in [2.24, 2.45) is 0 Å². The fourth-order valence-electron chi connectivity index (χ4n) is 9.28. The van der Waals surface area contributed by atoms with Crippen LogP contribution in [0.25, 0.3) is 0 Å². The lowest BCUT2D eigenvalue weighted by Crippen LogP contribution is -2.45. The lowest BCUT2D eigenvalue weighted by atomic mass is 10.0. The van der Waals surface area contributed by atoms with Gasteiger partial charge in [-0.1, -0.05) is 296 Å². The molecule has 0 bridgehead atoms. The van der Waals surface area contributed by atoms with Crippen LogP contribution in [0.15, 0.2) is 12.2 Å². The highest BCUT2D eigenvalue weighted by atomic mass is 16.5. The maximum absolute atomic E-state index is 12.5. The molecule has 0 aromatic carbocycles. The number of esters is 1. The zero-order chi connectivity index (χ0) is 47.2. The van der Waals surface area contributed by atoms with Gasteiger partial charge in [0.05, 0.1) is 25.4 Å². The smallest absolute Gasteiger partial charge is 0.305 e. The molecule has 0 aromatic heterocycles. The first kappa shape index (κ1) is 63.6. The number of carbonyl (C=O) groups is 2. The molecule has 0 heterocycles. The quantitative estimate of drug-likeness (QED) is 0.0321. The van der Waals surface area contributed by atoms with Gasteiger partial charge >= 0.3 is 5.97 Å². The summed E-state index contributed by atoms with van der Waals surface area (Å²) in [5, 5.41) is 23.2. The number of unbranched alkanes of at least 4 members (excludes halogenated alkanes) is 44. The van der Waals surface area contributed by atoms with Crippen molar-refractivity contribution < 1.29 is 24.5 Å². The first-order chi connectivity index (χ1) is 32.0. The lowest BCUT2D eigenvalue weighted by molar-refractivity contribution is -0.143. The van der Waals surface area contributed by atoms with Gasteiger partial charge in [-0.15, -0.1) is 0 Å². The molecular formula is C59H115NO5. The second-order valence-corrected chi connectivity index (χ2v) is 20.3. The molecule has 0 aliphatic heterocycles. The molecule has 386 valence electrons. The Morgan fingerprint density at radius 3 is 1.05 bits per heavy atom. The van der Waals surface area contributed by atoms with E-state index in [1.54, 1.807) is 6.08 Å². The van der Waals surface area contributed by atoms with E-state index in [-0.39, 0.29) is 18.5 Å². The predicted octanol–water partition coefficient (Wildman–Crippen LogP) is 18.1. The van der Waals surface area contributed by atoms with E-state index in [0.29, 0.717) is 19.4 Å². The summed E-state index contributed by atoms with van der Waals surface area (Å²) in [5.41, 5.74) is 0. The van der Waals surface area contributed by atoms with E-state index < -0.39 is 12.1 Å². The predicted molar refractivity (Wildman–Crippen MR) is 283 cm³/mol. The normalized spacial score (nSPS) is 12.6. The van der Waals surface area contributed by atoms with Crippen molar-refractivity contribution in [3.05, 3.63) is 12.2 Å². The number of hydrogen-bond donors (Lipinski definition) is 3. The van der Waals surface area contributed by atoms with Gasteiger partial charge in [-0.25, -0.2) is 0 Å². The highest BCUT2D eigenvalue weighted by molar-refractivity contribution is 5.76. The van der Waals surface area contributed by atoms with Gasteiger partial charge in [-0.2, -0.15) is 0 Å². The Morgan fingerprint density at radius 1 is 0.415 bits per heavy atom. The molecule has 2 unspecified atom stereocenters. The Morgan fingerprint density at radius 2 is 0.708 bits per heavy atom. The fraction of sp³-hybridized carbons (Fsp3) is 0.932.